The Hall–Kier alpha value is -0.120. The third-order valence-corrected chi connectivity index (χ3v) is 4.46. The lowest BCUT2D eigenvalue weighted by Crippen LogP contribution is -2.32. The highest BCUT2D eigenvalue weighted by Crippen LogP contribution is 2.18. The first-order chi connectivity index (χ1) is 8.25. The van der Waals surface area contributed by atoms with Crippen molar-refractivity contribution in [1.82, 2.24) is 15.1 Å². The van der Waals surface area contributed by atoms with Crippen molar-refractivity contribution in [2.24, 2.45) is 5.92 Å². The van der Waals surface area contributed by atoms with Crippen molar-refractivity contribution in [3.05, 3.63) is 0 Å². The number of likely N-dealkylation sites (tertiary alicyclic amines) is 1. The maximum Gasteiger partial charge on any atom is 0.0229 e. The molecule has 2 unspecified atom stereocenters. The van der Waals surface area contributed by atoms with E-state index in [1.54, 1.807) is 0 Å². The van der Waals surface area contributed by atoms with Gasteiger partial charge in [0, 0.05) is 12.6 Å². The van der Waals surface area contributed by atoms with E-state index in [0.717, 1.165) is 12.0 Å². The molecule has 2 heterocycles. The predicted molar refractivity (Wildman–Crippen MR) is 73.4 cm³/mol. The van der Waals surface area contributed by atoms with Crippen LogP contribution in [-0.2, 0) is 0 Å². The van der Waals surface area contributed by atoms with Gasteiger partial charge in [0.2, 0.25) is 0 Å². The lowest BCUT2D eigenvalue weighted by molar-refractivity contribution is 0.257. The quantitative estimate of drug-likeness (QED) is 0.782. The molecule has 3 nitrogen and oxygen atoms in total. The van der Waals surface area contributed by atoms with Crippen molar-refractivity contribution in [2.75, 3.05) is 46.8 Å². The van der Waals surface area contributed by atoms with Gasteiger partial charge in [0.25, 0.3) is 0 Å². The smallest absolute Gasteiger partial charge is 0.0229 e. The van der Waals surface area contributed by atoms with E-state index in [4.69, 9.17) is 0 Å². The van der Waals surface area contributed by atoms with Gasteiger partial charge in [0.05, 0.1) is 0 Å². The van der Waals surface area contributed by atoms with Crippen LogP contribution in [0.1, 0.15) is 32.1 Å². The summed E-state index contributed by atoms with van der Waals surface area (Å²) in [6.07, 6.45) is 7.02. The Morgan fingerprint density at radius 2 is 2.18 bits per heavy atom. The average Bonchev–Trinajstić information content (AvgIpc) is 2.79. The Kier molecular flexibility index (Phi) is 5.26. The molecule has 17 heavy (non-hydrogen) atoms. The maximum absolute atomic E-state index is 3.51. The van der Waals surface area contributed by atoms with Gasteiger partial charge in [-0.3, -0.25) is 0 Å². The van der Waals surface area contributed by atoms with Crippen LogP contribution in [0.15, 0.2) is 0 Å². The molecule has 0 aromatic rings. The van der Waals surface area contributed by atoms with Crippen LogP contribution in [0.3, 0.4) is 0 Å². The van der Waals surface area contributed by atoms with Crippen LogP contribution in [0.2, 0.25) is 0 Å². The van der Waals surface area contributed by atoms with E-state index in [-0.39, 0.29) is 0 Å². The Morgan fingerprint density at radius 3 is 2.82 bits per heavy atom. The van der Waals surface area contributed by atoms with Gasteiger partial charge in [-0.05, 0) is 78.3 Å². The summed E-state index contributed by atoms with van der Waals surface area (Å²) in [4.78, 5) is 5.03. The SMILES string of the molecule is CN(C)C1CCN(CCCC2CCCNC2)C1. The van der Waals surface area contributed by atoms with Gasteiger partial charge in [0.15, 0.2) is 0 Å². The standard InChI is InChI=1S/C14H29N3/c1-16(2)14-7-10-17(12-14)9-4-6-13-5-3-8-15-11-13/h13-15H,3-12H2,1-2H3. The second-order valence-corrected chi connectivity index (χ2v) is 6.06. The van der Waals surface area contributed by atoms with E-state index < -0.39 is 0 Å². The minimum atomic E-state index is 0.798. The molecule has 1 N–H and O–H groups in total. The molecule has 0 aliphatic carbocycles. The summed E-state index contributed by atoms with van der Waals surface area (Å²) in [5.41, 5.74) is 0. The lowest BCUT2D eigenvalue weighted by Gasteiger charge is -2.24. The molecular weight excluding hydrogens is 210 g/mol. The van der Waals surface area contributed by atoms with Gasteiger partial charge < -0.3 is 15.1 Å². The molecule has 0 aromatic carbocycles. The summed E-state index contributed by atoms with van der Waals surface area (Å²) in [5.74, 6) is 0.955. The van der Waals surface area contributed by atoms with Crippen LogP contribution in [0.4, 0.5) is 0 Å². The van der Waals surface area contributed by atoms with Gasteiger partial charge in [-0.2, -0.15) is 0 Å². The van der Waals surface area contributed by atoms with Gasteiger partial charge >= 0.3 is 0 Å². The second kappa shape index (κ2) is 6.72. The number of likely N-dealkylation sites (N-methyl/N-ethyl adjacent to an activating group) is 1. The average molecular weight is 239 g/mol. The van der Waals surface area contributed by atoms with E-state index >= 15 is 0 Å². The minimum absolute atomic E-state index is 0.798. The molecule has 2 saturated heterocycles. The first-order valence-corrected chi connectivity index (χ1v) is 7.35. The Morgan fingerprint density at radius 1 is 1.29 bits per heavy atom. The Bertz CT molecular complexity index is 212. The molecule has 0 amide bonds. The molecular formula is C14H29N3. The fourth-order valence-corrected chi connectivity index (χ4v) is 3.21. The first-order valence-electron chi connectivity index (χ1n) is 7.35. The molecule has 3 heteroatoms. The summed E-state index contributed by atoms with van der Waals surface area (Å²) in [5, 5.41) is 3.51. The maximum atomic E-state index is 3.51. The van der Waals surface area contributed by atoms with Crippen molar-refractivity contribution in [3.63, 3.8) is 0 Å². The summed E-state index contributed by atoms with van der Waals surface area (Å²) < 4.78 is 0. The fourth-order valence-electron chi connectivity index (χ4n) is 3.21. The van der Waals surface area contributed by atoms with Gasteiger partial charge in [-0.1, -0.05) is 0 Å². The third-order valence-electron chi connectivity index (χ3n) is 4.46. The zero-order valence-electron chi connectivity index (χ0n) is 11.6. The highest BCUT2D eigenvalue weighted by Gasteiger charge is 2.23. The van der Waals surface area contributed by atoms with Crippen molar-refractivity contribution in [3.8, 4) is 0 Å². The van der Waals surface area contributed by atoms with E-state index in [2.05, 4.69) is 29.2 Å². The normalized spacial score (nSPS) is 31.2. The topological polar surface area (TPSA) is 18.5 Å². The molecule has 2 atom stereocenters. The van der Waals surface area contributed by atoms with Crippen LogP contribution >= 0.6 is 0 Å². The number of nitrogens with zero attached hydrogens (tertiary/aromatic N) is 2. The van der Waals surface area contributed by atoms with Crippen molar-refractivity contribution >= 4 is 0 Å². The van der Waals surface area contributed by atoms with Gasteiger partial charge in [-0.15, -0.1) is 0 Å². The van der Waals surface area contributed by atoms with Crippen molar-refractivity contribution < 1.29 is 0 Å². The minimum Gasteiger partial charge on any atom is -0.316 e. The number of rotatable bonds is 5. The highest BCUT2D eigenvalue weighted by atomic mass is 15.2. The lowest BCUT2D eigenvalue weighted by atomic mass is 9.95. The molecule has 0 radical (unpaired) electrons. The zero-order chi connectivity index (χ0) is 12.1. The number of hydrogen-bond donors (Lipinski definition) is 1. The predicted octanol–water partition coefficient (Wildman–Crippen LogP) is 1.40. The second-order valence-electron chi connectivity index (χ2n) is 6.06. The number of nitrogens with one attached hydrogen (secondary N) is 1. The molecule has 0 bridgehead atoms. The van der Waals surface area contributed by atoms with Crippen LogP contribution in [0, 0.1) is 5.92 Å². The highest BCUT2D eigenvalue weighted by molar-refractivity contribution is 4.80. The van der Waals surface area contributed by atoms with Gasteiger partial charge in [-0.25, -0.2) is 0 Å². The molecule has 2 fully saturated rings. The fraction of sp³-hybridized carbons (Fsp3) is 1.00. The zero-order valence-corrected chi connectivity index (χ0v) is 11.6. The molecule has 2 rings (SSSR count). The van der Waals surface area contributed by atoms with Crippen molar-refractivity contribution in [1.29, 1.82) is 0 Å². The molecule has 2 aliphatic rings. The van der Waals surface area contributed by atoms with E-state index in [1.807, 2.05) is 0 Å². The number of piperidine rings is 1. The summed E-state index contributed by atoms with van der Waals surface area (Å²) >= 11 is 0. The molecule has 2 aliphatic heterocycles. The Balaban J connectivity index is 1.56. The van der Waals surface area contributed by atoms with E-state index in [1.165, 1.54) is 64.8 Å². The third kappa shape index (κ3) is 4.23. The van der Waals surface area contributed by atoms with E-state index in [0.29, 0.717) is 0 Å². The van der Waals surface area contributed by atoms with Crippen LogP contribution < -0.4 is 5.32 Å². The summed E-state index contributed by atoms with van der Waals surface area (Å²) in [6.45, 7) is 6.43. The van der Waals surface area contributed by atoms with Gasteiger partial charge in [0.1, 0.15) is 0 Å². The number of hydrogen-bond acceptors (Lipinski definition) is 3. The molecule has 100 valence electrons. The summed E-state index contributed by atoms with van der Waals surface area (Å²) in [6, 6.07) is 0.798. The molecule has 0 aromatic heterocycles. The summed E-state index contributed by atoms with van der Waals surface area (Å²) in [7, 11) is 4.42. The van der Waals surface area contributed by atoms with E-state index in [9.17, 15) is 0 Å². The molecule has 0 spiro atoms. The van der Waals surface area contributed by atoms with Crippen molar-refractivity contribution in [2.45, 2.75) is 38.1 Å². The molecule has 0 saturated carbocycles. The van der Waals surface area contributed by atoms with Crippen LogP contribution in [0.25, 0.3) is 0 Å². The van der Waals surface area contributed by atoms with Crippen LogP contribution in [0.5, 0.6) is 0 Å². The van der Waals surface area contributed by atoms with Crippen LogP contribution in [-0.4, -0.2) is 62.7 Å². The Labute approximate surface area is 107 Å². The monoisotopic (exact) mass is 239 g/mol. The largest absolute Gasteiger partial charge is 0.316 e. The first kappa shape index (κ1) is 13.3.